The van der Waals surface area contributed by atoms with Gasteiger partial charge in [0.2, 0.25) is 0 Å². The van der Waals surface area contributed by atoms with Crippen molar-refractivity contribution in [1.82, 2.24) is 9.80 Å². The SMILES string of the molecule is Cl.OCCN1CCN(CC/C=C2\c3ccccc3Sc3ccc(C(F)(F)F)cc32)CC1. The van der Waals surface area contributed by atoms with E-state index in [0.717, 1.165) is 60.1 Å². The molecule has 31 heavy (non-hydrogen) atoms. The Kier molecular flexibility index (Phi) is 8.10. The Balaban J connectivity index is 0.00000272. The predicted octanol–water partition coefficient (Wildman–Crippen LogP) is 5.02. The first-order valence-electron chi connectivity index (χ1n) is 10.2. The van der Waals surface area contributed by atoms with Crippen LogP contribution in [0.1, 0.15) is 23.1 Å². The van der Waals surface area contributed by atoms with Crippen LogP contribution in [0.5, 0.6) is 0 Å². The second-order valence-electron chi connectivity index (χ2n) is 7.62. The molecule has 0 aliphatic carbocycles. The largest absolute Gasteiger partial charge is 0.416 e. The van der Waals surface area contributed by atoms with Gasteiger partial charge in [0.1, 0.15) is 0 Å². The van der Waals surface area contributed by atoms with Crippen LogP contribution in [0.3, 0.4) is 0 Å². The summed E-state index contributed by atoms with van der Waals surface area (Å²) in [5.41, 5.74) is 1.96. The monoisotopic (exact) mass is 470 g/mol. The molecule has 0 atom stereocenters. The first kappa shape index (κ1) is 24.1. The molecule has 0 unspecified atom stereocenters. The number of benzene rings is 2. The molecule has 2 aromatic carbocycles. The summed E-state index contributed by atoms with van der Waals surface area (Å²) >= 11 is 1.53. The average molecular weight is 471 g/mol. The molecule has 2 aromatic rings. The molecule has 1 fully saturated rings. The molecule has 4 rings (SSSR count). The zero-order chi connectivity index (χ0) is 21.1. The van der Waals surface area contributed by atoms with E-state index in [-0.39, 0.29) is 19.0 Å². The molecule has 0 bridgehead atoms. The maximum absolute atomic E-state index is 13.3. The summed E-state index contributed by atoms with van der Waals surface area (Å²) in [4.78, 5) is 6.57. The number of piperazine rings is 1. The quantitative estimate of drug-likeness (QED) is 0.566. The van der Waals surface area contributed by atoms with Gasteiger partial charge in [0.15, 0.2) is 0 Å². The molecule has 0 aromatic heterocycles. The molecule has 1 N–H and O–H groups in total. The number of hydrogen-bond acceptors (Lipinski definition) is 4. The van der Waals surface area contributed by atoms with Gasteiger partial charge in [-0.05, 0) is 47.4 Å². The van der Waals surface area contributed by atoms with Crippen LogP contribution in [0.15, 0.2) is 58.3 Å². The van der Waals surface area contributed by atoms with E-state index in [1.807, 2.05) is 24.3 Å². The van der Waals surface area contributed by atoms with Gasteiger partial charge in [0.05, 0.1) is 12.2 Å². The Morgan fingerprint density at radius 2 is 1.55 bits per heavy atom. The molecule has 2 aliphatic heterocycles. The number of aliphatic hydroxyl groups excluding tert-OH is 1. The normalized spacial score (nSPS) is 18.4. The lowest BCUT2D eigenvalue weighted by molar-refractivity contribution is -0.137. The third-order valence-corrected chi connectivity index (χ3v) is 6.82. The fourth-order valence-electron chi connectivity index (χ4n) is 4.04. The summed E-state index contributed by atoms with van der Waals surface area (Å²) in [6.45, 7) is 5.55. The molecule has 0 radical (unpaired) electrons. The van der Waals surface area contributed by atoms with Gasteiger partial charge < -0.3 is 10.0 Å². The number of β-amino-alcohol motifs (C(OH)–C–C–N with tert-alkyl or cyclic N) is 1. The molecule has 3 nitrogen and oxygen atoms in total. The highest BCUT2D eigenvalue weighted by Crippen LogP contribution is 2.47. The molecule has 168 valence electrons. The summed E-state index contributed by atoms with van der Waals surface area (Å²) in [5.74, 6) is 0. The van der Waals surface area contributed by atoms with Crippen molar-refractivity contribution in [3.8, 4) is 0 Å². The van der Waals surface area contributed by atoms with Crippen molar-refractivity contribution < 1.29 is 18.3 Å². The van der Waals surface area contributed by atoms with Crippen molar-refractivity contribution in [2.75, 3.05) is 45.9 Å². The molecular formula is C23H26ClF3N2OS. The molecule has 0 spiro atoms. The van der Waals surface area contributed by atoms with Crippen LogP contribution in [0, 0.1) is 0 Å². The molecule has 0 saturated carbocycles. The number of hydrogen-bond donors (Lipinski definition) is 1. The maximum Gasteiger partial charge on any atom is 0.416 e. The van der Waals surface area contributed by atoms with E-state index in [0.29, 0.717) is 12.1 Å². The lowest BCUT2D eigenvalue weighted by Crippen LogP contribution is -2.47. The van der Waals surface area contributed by atoms with E-state index in [2.05, 4.69) is 15.9 Å². The van der Waals surface area contributed by atoms with Crippen LogP contribution in [0.25, 0.3) is 5.57 Å². The van der Waals surface area contributed by atoms with Crippen molar-refractivity contribution in [2.24, 2.45) is 0 Å². The average Bonchev–Trinajstić information content (AvgIpc) is 2.73. The van der Waals surface area contributed by atoms with Crippen LogP contribution >= 0.6 is 24.2 Å². The second kappa shape index (κ2) is 10.4. The Bertz CT molecular complexity index is 927. The molecule has 2 heterocycles. The third kappa shape index (κ3) is 5.65. The summed E-state index contributed by atoms with van der Waals surface area (Å²) in [7, 11) is 0. The van der Waals surface area contributed by atoms with E-state index in [9.17, 15) is 13.2 Å². The Morgan fingerprint density at radius 3 is 2.23 bits per heavy atom. The van der Waals surface area contributed by atoms with Gasteiger partial charge in [0, 0.05) is 49.1 Å². The Hall–Kier alpha value is -1.51. The van der Waals surface area contributed by atoms with Crippen LogP contribution < -0.4 is 0 Å². The smallest absolute Gasteiger partial charge is 0.395 e. The van der Waals surface area contributed by atoms with E-state index in [1.54, 1.807) is 6.07 Å². The Morgan fingerprint density at radius 1 is 0.903 bits per heavy atom. The highest BCUT2D eigenvalue weighted by atomic mass is 35.5. The second-order valence-corrected chi connectivity index (χ2v) is 8.70. The van der Waals surface area contributed by atoms with Gasteiger partial charge in [0.25, 0.3) is 0 Å². The van der Waals surface area contributed by atoms with Gasteiger partial charge in [-0.25, -0.2) is 0 Å². The predicted molar refractivity (Wildman–Crippen MR) is 121 cm³/mol. The van der Waals surface area contributed by atoms with Crippen molar-refractivity contribution in [1.29, 1.82) is 0 Å². The minimum absolute atomic E-state index is 0. The van der Waals surface area contributed by atoms with Crippen LogP contribution in [-0.2, 0) is 6.18 Å². The van der Waals surface area contributed by atoms with Crippen LogP contribution in [-0.4, -0.2) is 60.8 Å². The minimum Gasteiger partial charge on any atom is -0.395 e. The standard InChI is InChI=1S/C23H25F3N2OS.ClH/c24-23(25,26)17-7-8-22-20(16-17)18(19-4-1-2-6-21(19)30-22)5-3-9-27-10-12-28(13-11-27)14-15-29;/h1-2,4-8,16,29H,3,9-15H2;1H/b18-5+;. The summed E-state index contributed by atoms with van der Waals surface area (Å²) < 4.78 is 39.9. The van der Waals surface area contributed by atoms with Gasteiger partial charge in [-0.15, -0.1) is 12.4 Å². The maximum atomic E-state index is 13.3. The number of rotatable bonds is 5. The molecular weight excluding hydrogens is 445 g/mol. The highest BCUT2D eigenvalue weighted by Gasteiger charge is 2.32. The zero-order valence-corrected chi connectivity index (χ0v) is 18.7. The fraction of sp³-hybridized carbons (Fsp3) is 0.391. The van der Waals surface area contributed by atoms with Gasteiger partial charge in [-0.3, -0.25) is 4.90 Å². The molecule has 2 aliphatic rings. The topological polar surface area (TPSA) is 26.7 Å². The molecule has 0 amide bonds. The van der Waals surface area contributed by atoms with Crippen molar-refractivity contribution in [3.63, 3.8) is 0 Å². The van der Waals surface area contributed by atoms with Crippen molar-refractivity contribution >= 4 is 29.7 Å². The highest BCUT2D eigenvalue weighted by molar-refractivity contribution is 7.99. The van der Waals surface area contributed by atoms with Crippen LogP contribution in [0.2, 0.25) is 0 Å². The number of nitrogens with zero attached hydrogens (tertiary/aromatic N) is 2. The van der Waals surface area contributed by atoms with E-state index in [4.69, 9.17) is 5.11 Å². The lowest BCUT2D eigenvalue weighted by Gasteiger charge is -2.34. The molecule has 8 heteroatoms. The van der Waals surface area contributed by atoms with E-state index < -0.39 is 11.7 Å². The van der Waals surface area contributed by atoms with Crippen LogP contribution in [0.4, 0.5) is 13.2 Å². The van der Waals surface area contributed by atoms with E-state index >= 15 is 0 Å². The van der Waals surface area contributed by atoms with Gasteiger partial charge in [-0.1, -0.05) is 36.0 Å². The number of halogens is 4. The molecule has 1 saturated heterocycles. The minimum atomic E-state index is -4.35. The number of alkyl halides is 3. The van der Waals surface area contributed by atoms with Gasteiger partial charge in [-0.2, -0.15) is 13.2 Å². The van der Waals surface area contributed by atoms with E-state index in [1.165, 1.54) is 23.9 Å². The fourth-order valence-corrected chi connectivity index (χ4v) is 5.12. The first-order valence-corrected chi connectivity index (χ1v) is 11.0. The summed E-state index contributed by atoms with van der Waals surface area (Å²) in [6.07, 6.45) is -1.47. The van der Waals surface area contributed by atoms with Gasteiger partial charge >= 0.3 is 6.18 Å². The Labute approximate surface area is 191 Å². The lowest BCUT2D eigenvalue weighted by atomic mass is 9.94. The first-order chi connectivity index (χ1) is 14.5. The van der Waals surface area contributed by atoms with Crippen molar-refractivity contribution in [3.05, 3.63) is 65.2 Å². The number of aliphatic hydroxyl groups is 1. The van der Waals surface area contributed by atoms with Crippen molar-refractivity contribution in [2.45, 2.75) is 22.4 Å². The number of fused-ring (bicyclic) bond motifs is 2. The summed E-state index contributed by atoms with van der Waals surface area (Å²) in [6, 6.07) is 12.0. The summed E-state index contributed by atoms with van der Waals surface area (Å²) in [5, 5.41) is 9.06. The third-order valence-electron chi connectivity index (χ3n) is 5.67. The zero-order valence-electron chi connectivity index (χ0n) is 17.1.